The molecule has 1 aromatic rings. The van der Waals surface area contributed by atoms with Crippen molar-refractivity contribution in [3.05, 3.63) is 41.4 Å². The van der Waals surface area contributed by atoms with Crippen molar-refractivity contribution in [3.8, 4) is 0 Å². The Balaban J connectivity index is 1.62. The summed E-state index contributed by atoms with van der Waals surface area (Å²) in [6.45, 7) is 4.57. The minimum Gasteiger partial charge on any atom is -0.344 e. The molecule has 0 bridgehead atoms. The minimum atomic E-state index is -0.519. The molecule has 1 aliphatic carbocycles. The van der Waals surface area contributed by atoms with Crippen molar-refractivity contribution in [1.82, 2.24) is 0 Å². The van der Waals surface area contributed by atoms with E-state index in [-0.39, 0.29) is 6.10 Å². The summed E-state index contributed by atoms with van der Waals surface area (Å²) in [6, 6.07) is 7.54. The highest BCUT2D eigenvalue weighted by Crippen LogP contribution is 2.37. The van der Waals surface area contributed by atoms with E-state index in [4.69, 9.17) is 26.1 Å². The summed E-state index contributed by atoms with van der Waals surface area (Å²) in [5.41, 5.74) is 1.85. The van der Waals surface area contributed by atoms with Gasteiger partial charge in [0.15, 0.2) is 0 Å². The summed E-state index contributed by atoms with van der Waals surface area (Å²) in [5.74, 6) is -0.519. The van der Waals surface area contributed by atoms with Gasteiger partial charge in [-0.3, -0.25) is 0 Å². The quantitative estimate of drug-likeness (QED) is 0.759. The Morgan fingerprint density at radius 2 is 1.85 bits per heavy atom. The molecule has 0 N–H and O–H groups in total. The van der Waals surface area contributed by atoms with Gasteiger partial charge in [-0.05, 0) is 36.1 Å². The first-order chi connectivity index (χ1) is 9.69. The van der Waals surface area contributed by atoms with Crippen LogP contribution in [-0.2, 0) is 14.5 Å². The van der Waals surface area contributed by atoms with E-state index < -0.39 is 5.79 Å². The van der Waals surface area contributed by atoms with Crippen LogP contribution in [0.1, 0.15) is 37.7 Å². The van der Waals surface area contributed by atoms with Crippen LogP contribution in [0.25, 0.3) is 5.57 Å². The predicted octanol–water partition coefficient (Wildman–Crippen LogP) is 4.36. The third-order valence-corrected chi connectivity index (χ3v) is 4.28. The van der Waals surface area contributed by atoms with E-state index >= 15 is 0 Å². The molecule has 3 rings (SSSR count). The second-order valence-electron chi connectivity index (χ2n) is 5.48. The fraction of sp³-hybridized carbons (Fsp3) is 0.500. The van der Waals surface area contributed by atoms with Crippen LogP contribution in [0.5, 0.6) is 0 Å². The predicted molar refractivity (Wildman–Crippen MR) is 78.2 cm³/mol. The molecule has 1 atom stereocenters. The van der Waals surface area contributed by atoms with Gasteiger partial charge in [0.2, 0.25) is 5.79 Å². The summed E-state index contributed by atoms with van der Waals surface area (Å²) in [4.78, 5) is 11.1. The third kappa shape index (κ3) is 2.91. The normalized spacial score (nSPS) is 25.6. The Hall–Kier alpha value is -0.870. The van der Waals surface area contributed by atoms with Gasteiger partial charge < -0.3 is 4.74 Å². The zero-order valence-corrected chi connectivity index (χ0v) is 12.2. The zero-order valence-electron chi connectivity index (χ0n) is 11.4. The Morgan fingerprint density at radius 1 is 1.15 bits per heavy atom. The number of benzene rings is 1. The lowest BCUT2D eigenvalue weighted by atomic mass is 9.94. The molecule has 4 heteroatoms. The first kappa shape index (κ1) is 14.1. The first-order valence-electron chi connectivity index (χ1n) is 7.12. The highest BCUT2D eigenvalue weighted by atomic mass is 35.5. The maximum absolute atomic E-state index is 5.95. The number of hydrogen-bond acceptors (Lipinski definition) is 3. The van der Waals surface area contributed by atoms with Crippen LogP contribution in [0.3, 0.4) is 0 Å². The number of hydrogen-bond donors (Lipinski definition) is 0. The molecule has 0 radical (unpaired) electrons. The van der Waals surface area contributed by atoms with E-state index in [0.29, 0.717) is 11.6 Å². The SMILES string of the molecule is C=C(c1ccc(Cl)cc1)C1COC2(CCCCC2)OO1. The third-order valence-electron chi connectivity index (χ3n) is 4.03. The molecule has 2 aliphatic rings. The molecule has 1 unspecified atom stereocenters. The van der Waals surface area contributed by atoms with Gasteiger partial charge in [-0.2, -0.15) is 0 Å². The Kier molecular flexibility index (Phi) is 4.13. The van der Waals surface area contributed by atoms with Gasteiger partial charge in [0.05, 0.1) is 6.61 Å². The summed E-state index contributed by atoms with van der Waals surface area (Å²) < 4.78 is 5.95. The zero-order chi connectivity index (χ0) is 14.0. The molecule has 108 valence electrons. The summed E-state index contributed by atoms with van der Waals surface area (Å²) in [6.07, 6.45) is 5.07. The van der Waals surface area contributed by atoms with Crippen LogP contribution in [0.4, 0.5) is 0 Å². The van der Waals surface area contributed by atoms with Gasteiger partial charge in [-0.15, -0.1) is 0 Å². The highest BCUT2D eigenvalue weighted by Gasteiger charge is 2.41. The van der Waals surface area contributed by atoms with Gasteiger partial charge in [0.25, 0.3) is 0 Å². The Labute approximate surface area is 124 Å². The van der Waals surface area contributed by atoms with Gasteiger partial charge in [-0.1, -0.05) is 36.7 Å². The van der Waals surface area contributed by atoms with Gasteiger partial charge in [0.1, 0.15) is 6.10 Å². The van der Waals surface area contributed by atoms with Crippen molar-refractivity contribution >= 4 is 17.2 Å². The molecule has 1 saturated heterocycles. The molecule has 1 aliphatic heterocycles. The van der Waals surface area contributed by atoms with E-state index in [9.17, 15) is 0 Å². The lowest BCUT2D eigenvalue weighted by molar-refractivity contribution is -0.483. The lowest BCUT2D eigenvalue weighted by Gasteiger charge is -2.41. The van der Waals surface area contributed by atoms with Crippen molar-refractivity contribution in [1.29, 1.82) is 0 Å². The van der Waals surface area contributed by atoms with Crippen LogP contribution in [0.15, 0.2) is 30.8 Å². The smallest absolute Gasteiger partial charge is 0.201 e. The average molecular weight is 295 g/mol. The molecule has 3 nitrogen and oxygen atoms in total. The lowest BCUT2D eigenvalue weighted by Crippen LogP contribution is -2.46. The number of halogens is 1. The maximum atomic E-state index is 5.95. The molecule has 1 aromatic carbocycles. The summed E-state index contributed by atoms with van der Waals surface area (Å²) >= 11 is 5.89. The molecule has 0 aromatic heterocycles. The molecule has 2 fully saturated rings. The van der Waals surface area contributed by atoms with Crippen LogP contribution >= 0.6 is 11.6 Å². The molecular weight excluding hydrogens is 276 g/mol. The molecule has 0 amide bonds. The van der Waals surface area contributed by atoms with Gasteiger partial charge in [0, 0.05) is 17.9 Å². The number of ether oxygens (including phenoxy) is 1. The fourth-order valence-corrected chi connectivity index (χ4v) is 2.88. The van der Waals surface area contributed by atoms with E-state index in [1.165, 1.54) is 6.42 Å². The average Bonchev–Trinajstić information content (AvgIpc) is 2.49. The molecule has 20 heavy (non-hydrogen) atoms. The Morgan fingerprint density at radius 3 is 2.45 bits per heavy atom. The van der Waals surface area contributed by atoms with E-state index in [1.54, 1.807) is 0 Å². The van der Waals surface area contributed by atoms with Crippen LogP contribution in [-0.4, -0.2) is 18.5 Å². The van der Waals surface area contributed by atoms with Gasteiger partial charge in [-0.25, -0.2) is 9.78 Å². The second-order valence-corrected chi connectivity index (χ2v) is 5.92. The molecule has 1 heterocycles. The van der Waals surface area contributed by atoms with Crippen molar-refractivity contribution in [2.45, 2.75) is 44.0 Å². The summed E-state index contributed by atoms with van der Waals surface area (Å²) in [5, 5.41) is 0.708. The van der Waals surface area contributed by atoms with Crippen molar-refractivity contribution < 1.29 is 14.5 Å². The number of rotatable bonds is 2. The van der Waals surface area contributed by atoms with Crippen LogP contribution in [0, 0.1) is 0 Å². The fourth-order valence-electron chi connectivity index (χ4n) is 2.75. The van der Waals surface area contributed by atoms with Crippen molar-refractivity contribution in [2.24, 2.45) is 0 Å². The monoisotopic (exact) mass is 294 g/mol. The maximum Gasteiger partial charge on any atom is 0.201 e. The van der Waals surface area contributed by atoms with Crippen LogP contribution in [0.2, 0.25) is 5.02 Å². The summed E-state index contributed by atoms with van der Waals surface area (Å²) in [7, 11) is 0. The highest BCUT2D eigenvalue weighted by molar-refractivity contribution is 6.30. The molecule has 1 saturated carbocycles. The van der Waals surface area contributed by atoms with Crippen molar-refractivity contribution in [3.63, 3.8) is 0 Å². The van der Waals surface area contributed by atoms with Crippen molar-refractivity contribution in [2.75, 3.05) is 6.61 Å². The van der Waals surface area contributed by atoms with Gasteiger partial charge >= 0.3 is 0 Å². The second kappa shape index (κ2) is 5.86. The van der Waals surface area contributed by atoms with E-state index in [2.05, 4.69) is 6.58 Å². The molecule has 1 spiro atoms. The largest absolute Gasteiger partial charge is 0.344 e. The van der Waals surface area contributed by atoms with E-state index in [1.807, 2.05) is 24.3 Å². The first-order valence-corrected chi connectivity index (χ1v) is 7.50. The Bertz CT molecular complexity index is 467. The van der Waals surface area contributed by atoms with Crippen LogP contribution < -0.4 is 0 Å². The molecular formula is C16H19ClO3. The van der Waals surface area contributed by atoms with E-state index in [0.717, 1.165) is 36.8 Å². The topological polar surface area (TPSA) is 27.7 Å². The standard InChI is InChI=1S/C16H19ClO3/c1-12(13-5-7-14(17)8-6-13)15-11-18-16(20-19-15)9-3-2-4-10-16/h5-8,15H,1-4,9-11H2. The minimum absolute atomic E-state index is 0.260.